The molecule has 472 valence electrons. The second-order valence-electron chi connectivity index (χ2n) is 24.9. The summed E-state index contributed by atoms with van der Waals surface area (Å²) < 4.78 is 17.0. The fourth-order valence-electron chi connectivity index (χ4n) is 11.2. The van der Waals surface area contributed by atoms with Crippen molar-refractivity contribution >= 4 is 17.9 Å². The molecule has 6 heteroatoms. The third-order valence-corrected chi connectivity index (χ3v) is 16.7. The number of unbranched alkanes of at least 4 members (excludes halogenated alkanes) is 53. The van der Waals surface area contributed by atoms with E-state index >= 15 is 0 Å². The topological polar surface area (TPSA) is 78.9 Å². The van der Waals surface area contributed by atoms with Crippen LogP contribution in [0, 0.1) is 0 Å². The monoisotopic (exact) mass is 1130 g/mol. The van der Waals surface area contributed by atoms with Gasteiger partial charge in [0, 0.05) is 19.3 Å². The van der Waals surface area contributed by atoms with Crippen molar-refractivity contribution in [1.29, 1.82) is 0 Å². The van der Waals surface area contributed by atoms with Crippen LogP contribution in [0.15, 0.2) is 24.3 Å². The second-order valence-corrected chi connectivity index (χ2v) is 24.9. The Hall–Kier alpha value is -2.11. The first-order valence-electron chi connectivity index (χ1n) is 36.3. The normalized spacial score (nSPS) is 12.1. The van der Waals surface area contributed by atoms with Gasteiger partial charge in [-0.3, -0.25) is 14.4 Å². The summed E-state index contributed by atoms with van der Waals surface area (Å²) in [4.78, 5) is 38.5. The van der Waals surface area contributed by atoms with Crippen LogP contribution >= 0.6 is 0 Å². The molecule has 0 saturated carbocycles. The van der Waals surface area contributed by atoms with Crippen LogP contribution in [0.5, 0.6) is 0 Å². The minimum atomic E-state index is -0.773. The molecule has 0 fully saturated rings. The van der Waals surface area contributed by atoms with Crippen molar-refractivity contribution < 1.29 is 28.6 Å². The summed E-state index contributed by atoms with van der Waals surface area (Å²) in [5.74, 6) is -0.841. The minimum Gasteiger partial charge on any atom is -0.462 e. The van der Waals surface area contributed by atoms with Crippen molar-refractivity contribution in [1.82, 2.24) is 0 Å². The van der Waals surface area contributed by atoms with Gasteiger partial charge in [-0.15, -0.1) is 0 Å². The van der Waals surface area contributed by atoms with Crippen LogP contribution in [0.3, 0.4) is 0 Å². The Balaban J connectivity index is 4.27. The minimum absolute atomic E-state index is 0.0677. The third kappa shape index (κ3) is 66.7. The molecular weight excluding hydrogens is 985 g/mol. The van der Waals surface area contributed by atoms with Crippen LogP contribution < -0.4 is 0 Å². The van der Waals surface area contributed by atoms with E-state index in [2.05, 4.69) is 45.1 Å². The van der Waals surface area contributed by atoms with Gasteiger partial charge in [-0.1, -0.05) is 347 Å². The quantitative estimate of drug-likeness (QED) is 0.0261. The number of hydrogen-bond donors (Lipinski definition) is 0. The van der Waals surface area contributed by atoms with Crippen molar-refractivity contribution in [2.24, 2.45) is 0 Å². The molecule has 0 aliphatic rings. The van der Waals surface area contributed by atoms with Crippen LogP contribution in [0.1, 0.15) is 412 Å². The number of rotatable bonds is 68. The number of allylic oxidation sites excluding steroid dienone is 4. The maximum absolute atomic E-state index is 13.0. The first kappa shape index (κ1) is 77.9. The molecule has 0 aliphatic carbocycles. The molecule has 0 bridgehead atoms. The molecule has 0 aliphatic heterocycles. The largest absolute Gasteiger partial charge is 0.462 e. The smallest absolute Gasteiger partial charge is 0.306 e. The van der Waals surface area contributed by atoms with Crippen LogP contribution in [0.4, 0.5) is 0 Å². The van der Waals surface area contributed by atoms with E-state index in [1.54, 1.807) is 0 Å². The maximum Gasteiger partial charge on any atom is 0.306 e. The molecule has 0 saturated heterocycles. The molecular formula is C74H140O6. The Bertz CT molecular complexity index is 1290. The van der Waals surface area contributed by atoms with Crippen LogP contribution in [-0.4, -0.2) is 37.2 Å². The van der Waals surface area contributed by atoms with Crippen molar-refractivity contribution in [3.8, 4) is 0 Å². The lowest BCUT2D eigenvalue weighted by Crippen LogP contribution is -2.30. The average molecular weight is 1130 g/mol. The van der Waals surface area contributed by atoms with Gasteiger partial charge in [-0.25, -0.2) is 0 Å². The van der Waals surface area contributed by atoms with Gasteiger partial charge >= 0.3 is 17.9 Å². The van der Waals surface area contributed by atoms with E-state index in [-0.39, 0.29) is 31.1 Å². The molecule has 0 radical (unpaired) electrons. The first-order valence-corrected chi connectivity index (χ1v) is 36.3. The van der Waals surface area contributed by atoms with Crippen molar-refractivity contribution in [2.75, 3.05) is 13.2 Å². The highest BCUT2D eigenvalue weighted by atomic mass is 16.6. The molecule has 1 unspecified atom stereocenters. The van der Waals surface area contributed by atoms with Gasteiger partial charge in [0.1, 0.15) is 13.2 Å². The van der Waals surface area contributed by atoms with Gasteiger partial charge in [0.05, 0.1) is 0 Å². The summed E-state index contributed by atoms with van der Waals surface area (Å²) in [6.07, 6.45) is 84.9. The zero-order valence-electron chi connectivity index (χ0n) is 54.4. The molecule has 0 aromatic rings. The molecule has 0 rings (SSSR count). The van der Waals surface area contributed by atoms with Gasteiger partial charge in [0.15, 0.2) is 6.10 Å². The van der Waals surface area contributed by atoms with E-state index < -0.39 is 6.10 Å². The van der Waals surface area contributed by atoms with Crippen LogP contribution in [-0.2, 0) is 28.6 Å². The van der Waals surface area contributed by atoms with Crippen LogP contribution in [0.2, 0.25) is 0 Å². The summed E-state index contributed by atoms with van der Waals surface area (Å²) in [5, 5.41) is 0. The Morgan fingerprint density at radius 2 is 0.412 bits per heavy atom. The summed E-state index contributed by atoms with van der Waals surface area (Å²) in [6.45, 7) is 6.72. The van der Waals surface area contributed by atoms with Crippen molar-refractivity contribution in [3.05, 3.63) is 24.3 Å². The lowest BCUT2D eigenvalue weighted by molar-refractivity contribution is -0.167. The summed E-state index contributed by atoms with van der Waals surface area (Å²) in [7, 11) is 0. The van der Waals surface area contributed by atoms with Gasteiger partial charge < -0.3 is 14.2 Å². The summed E-state index contributed by atoms with van der Waals surface area (Å²) in [5.41, 5.74) is 0. The highest BCUT2D eigenvalue weighted by molar-refractivity contribution is 5.71. The van der Waals surface area contributed by atoms with E-state index in [4.69, 9.17) is 14.2 Å². The van der Waals surface area contributed by atoms with E-state index in [1.165, 1.54) is 315 Å². The van der Waals surface area contributed by atoms with Crippen molar-refractivity contribution in [3.63, 3.8) is 0 Å². The first-order chi connectivity index (χ1) is 39.5. The molecule has 0 heterocycles. The molecule has 1 atom stereocenters. The van der Waals surface area contributed by atoms with Gasteiger partial charge in [-0.05, 0) is 70.6 Å². The lowest BCUT2D eigenvalue weighted by atomic mass is 10.0. The third-order valence-electron chi connectivity index (χ3n) is 16.7. The number of hydrogen-bond acceptors (Lipinski definition) is 6. The van der Waals surface area contributed by atoms with Crippen LogP contribution in [0.25, 0.3) is 0 Å². The average Bonchev–Trinajstić information content (AvgIpc) is 3.46. The number of esters is 3. The number of carbonyl (C=O) groups is 3. The number of carbonyl (C=O) groups excluding carboxylic acids is 3. The Morgan fingerprint density at radius 1 is 0.237 bits per heavy atom. The standard InChI is InChI=1S/C74H140O6/c1-4-7-10-13-16-19-22-25-28-31-34-35-36-37-38-39-41-43-46-49-52-55-58-61-64-67-73(76)79-70-71(69-78-72(75)66-63-60-57-54-51-48-45-42-33-30-27-24-21-18-15-12-9-6-3)80-74(77)68-65-62-59-56-53-50-47-44-40-32-29-26-23-20-17-14-11-8-5-2/h26,29-30,33,71H,4-25,27-28,31-32,34-70H2,1-3H3/b29-26-,33-30-. The van der Waals surface area contributed by atoms with E-state index in [9.17, 15) is 14.4 Å². The zero-order chi connectivity index (χ0) is 57.8. The predicted molar refractivity (Wildman–Crippen MR) is 349 cm³/mol. The molecule has 0 amide bonds. The summed E-state index contributed by atoms with van der Waals surface area (Å²) in [6, 6.07) is 0. The van der Waals surface area contributed by atoms with E-state index in [0.717, 1.165) is 57.8 Å². The highest BCUT2D eigenvalue weighted by Gasteiger charge is 2.19. The molecule has 80 heavy (non-hydrogen) atoms. The van der Waals surface area contributed by atoms with Gasteiger partial charge in [-0.2, -0.15) is 0 Å². The summed E-state index contributed by atoms with van der Waals surface area (Å²) >= 11 is 0. The fourth-order valence-corrected chi connectivity index (χ4v) is 11.2. The molecule has 0 aromatic heterocycles. The molecule has 0 spiro atoms. The predicted octanol–water partition coefficient (Wildman–Crippen LogP) is 25.0. The fraction of sp³-hybridized carbons (Fsp3) is 0.905. The zero-order valence-corrected chi connectivity index (χ0v) is 54.4. The Kier molecular flexibility index (Phi) is 67.6. The van der Waals surface area contributed by atoms with Crippen molar-refractivity contribution in [2.45, 2.75) is 419 Å². The second kappa shape index (κ2) is 69.4. The van der Waals surface area contributed by atoms with E-state index in [1.807, 2.05) is 0 Å². The number of ether oxygens (including phenoxy) is 3. The highest BCUT2D eigenvalue weighted by Crippen LogP contribution is 2.19. The molecule has 0 N–H and O–H groups in total. The van der Waals surface area contributed by atoms with E-state index in [0.29, 0.717) is 19.3 Å². The Morgan fingerprint density at radius 3 is 0.625 bits per heavy atom. The van der Waals surface area contributed by atoms with Gasteiger partial charge in [0.2, 0.25) is 0 Å². The van der Waals surface area contributed by atoms with Gasteiger partial charge in [0.25, 0.3) is 0 Å². The molecule has 0 aromatic carbocycles. The Labute approximate surface area is 500 Å². The maximum atomic E-state index is 13.0. The molecule has 6 nitrogen and oxygen atoms in total. The lowest BCUT2D eigenvalue weighted by Gasteiger charge is -2.18. The SMILES string of the molecule is CCCCCCCC/C=C\CCCCCCCCCCCC(=O)OC(COC(=O)CCCCCCCCC/C=C\CCCCCCCCC)COC(=O)CCCCCCCCCCCCCCCCCCCCCCCCCCC.